The van der Waals surface area contributed by atoms with Crippen LogP contribution in [-0.2, 0) is 4.74 Å². The number of hydrogen-bond acceptors (Lipinski definition) is 1. The average Bonchev–Trinajstić information content (AvgIpc) is 2.75. The molecule has 1 rings (SSSR count). The number of epoxide rings is 1. The van der Waals surface area contributed by atoms with Gasteiger partial charge < -0.3 is 4.74 Å². The van der Waals surface area contributed by atoms with Gasteiger partial charge in [0.1, 0.15) is 0 Å². The van der Waals surface area contributed by atoms with Gasteiger partial charge in [0.15, 0.2) is 0 Å². The first-order valence-corrected chi connectivity index (χ1v) is 6.11. The Kier molecular flexibility index (Phi) is 3.63. The minimum atomic E-state index is 0.222. The van der Waals surface area contributed by atoms with Crippen molar-refractivity contribution in [1.82, 2.24) is 0 Å². The summed E-state index contributed by atoms with van der Waals surface area (Å²) in [6.07, 6.45) is 6.87. The van der Waals surface area contributed by atoms with Crippen LogP contribution >= 0.6 is 0 Å². The fourth-order valence-corrected chi connectivity index (χ4v) is 2.41. The second-order valence-electron chi connectivity index (χ2n) is 5.74. The van der Waals surface area contributed by atoms with E-state index in [0.717, 1.165) is 0 Å². The normalized spacial score (nSPS) is 31.9. The molecule has 0 aromatic rings. The van der Waals surface area contributed by atoms with Gasteiger partial charge in [0, 0.05) is 0 Å². The summed E-state index contributed by atoms with van der Waals surface area (Å²) in [6.45, 7) is 11.5. The van der Waals surface area contributed by atoms with E-state index in [1.807, 2.05) is 0 Å². The molecule has 1 heterocycles. The lowest BCUT2D eigenvalue weighted by Gasteiger charge is -2.24. The van der Waals surface area contributed by atoms with Crippen LogP contribution in [0.1, 0.15) is 66.7 Å². The molecule has 0 aromatic heterocycles. The van der Waals surface area contributed by atoms with E-state index >= 15 is 0 Å². The summed E-state index contributed by atoms with van der Waals surface area (Å²) in [7, 11) is 0. The summed E-state index contributed by atoms with van der Waals surface area (Å²) in [5.41, 5.74) is 0.724. The zero-order valence-corrected chi connectivity index (χ0v) is 10.5. The molecule has 2 unspecified atom stereocenters. The first-order valence-electron chi connectivity index (χ1n) is 6.11. The van der Waals surface area contributed by atoms with Crippen LogP contribution in [0.15, 0.2) is 0 Å². The van der Waals surface area contributed by atoms with Crippen LogP contribution in [-0.4, -0.2) is 11.7 Å². The Morgan fingerprint density at radius 3 is 2.29 bits per heavy atom. The quantitative estimate of drug-likeness (QED) is 0.584. The first kappa shape index (κ1) is 12.0. The predicted octanol–water partition coefficient (Wildman–Crippen LogP) is 4.16. The maximum Gasteiger partial charge on any atom is 0.0920 e. The highest BCUT2D eigenvalue weighted by atomic mass is 16.6. The molecule has 1 fully saturated rings. The zero-order chi connectivity index (χ0) is 10.8. The third kappa shape index (κ3) is 2.98. The van der Waals surface area contributed by atoms with Gasteiger partial charge in [-0.2, -0.15) is 0 Å². The summed E-state index contributed by atoms with van der Waals surface area (Å²) >= 11 is 0. The molecule has 0 amide bonds. The molecule has 1 nitrogen and oxygen atoms in total. The van der Waals surface area contributed by atoms with E-state index in [-0.39, 0.29) is 5.60 Å². The van der Waals surface area contributed by atoms with Crippen LogP contribution in [0.5, 0.6) is 0 Å². The van der Waals surface area contributed by atoms with Crippen molar-refractivity contribution in [2.24, 2.45) is 5.41 Å². The molecule has 2 atom stereocenters. The van der Waals surface area contributed by atoms with Gasteiger partial charge in [0.25, 0.3) is 0 Å². The maximum absolute atomic E-state index is 5.73. The molecule has 0 spiro atoms. The lowest BCUT2D eigenvalue weighted by molar-refractivity contribution is 0.233. The topological polar surface area (TPSA) is 12.5 Å². The largest absolute Gasteiger partial charge is 0.366 e. The van der Waals surface area contributed by atoms with E-state index < -0.39 is 0 Å². The van der Waals surface area contributed by atoms with Crippen molar-refractivity contribution >= 4 is 0 Å². The Morgan fingerprint density at radius 2 is 1.86 bits per heavy atom. The van der Waals surface area contributed by atoms with Crippen molar-refractivity contribution in [2.45, 2.75) is 78.4 Å². The molecule has 1 aliphatic rings. The molecule has 0 radical (unpaired) electrons. The molecule has 1 saturated heterocycles. The summed E-state index contributed by atoms with van der Waals surface area (Å²) in [6, 6.07) is 0. The Hall–Kier alpha value is -0.0400. The van der Waals surface area contributed by atoms with E-state index in [9.17, 15) is 0 Å². The van der Waals surface area contributed by atoms with Crippen LogP contribution in [0.25, 0.3) is 0 Å². The summed E-state index contributed by atoms with van der Waals surface area (Å²) in [4.78, 5) is 0. The zero-order valence-electron chi connectivity index (χ0n) is 10.5. The molecular formula is C13H26O. The van der Waals surface area contributed by atoms with Crippen LogP contribution < -0.4 is 0 Å². The molecule has 1 aliphatic heterocycles. The minimum absolute atomic E-state index is 0.222. The highest BCUT2D eigenvalue weighted by molar-refractivity contribution is 4.98. The highest BCUT2D eigenvalue weighted by Crippen LogP contribution is 2.44. The Balaban J connectivity index is 2.27. The molecule has 0 aromatic carbocycles. The van der Waals surface area contributed by atoms with Crippen molar-refractivity contribution in [2.75, 3.05) is 0 Å². The van der Waals surface area contributed by atoms with Gasteiger partial charge >= 0.3 is 0 Å². The Bertz CT molecular complexity index is 181. The SMILES string of the molecule is CCCC(C)(C)CCC1(C)OC1CC. The fraction of sp³-hybridized carbons (Fsp3) is 1.00. The third-order valence-corrected chi connectivity index (χ3v) is 3.63. The fourth-order valence-electron chi connectivity index (χ4n) is 2.41. The standard InChI is InChI=1S/C13H26O/c1-6-8-12(3,4)9-10-13(5)11(7-2)14-13/h11H,6-10H2,1-5H3. The van der Waals surface area contributed by atoms with Gasteiger partial charge in [-0.1, -0.05) is 34.1 Å². The lowest BCUT2D eigenvalue weighted by atomic mass is 9.80. The molecule has 84 valence electrons. The van der Waals surface area contributed by atoms with Gasteiger partial charge in [-0.25, -0.2) is 0 Å². The monoisotopic (exact) mass is 198 g/mol. The van der Waals surface area contributed by atoms with Gasteiger partial charge in [0.05, 0.1) is 11.7 Å². The van der Waals surface area contributed by atoms with E-state index in [4.69, 9.17) is 4.74 Å². The first-order chi connectivity index (χ1) is 6.43. The van der Waals surface area contributed by atoms with E-state index in [1.54, 1.807) is 0 Å². The van der Waals surface area contributed by atoms with E-state index in [2.05, 4.69) is 34.6 Å². The second kappa shape index (κ2) is 4.22. The van der Waals surface area contributed by atoms with Crippen LogP contribution in [0.2, 0.25) is 0 Å². The molecule has 1 heteroatoms. The minimum Gasteiger partial charge on any atom is -0.366 e. The van der Waals surface area contributed by atoms with E-state index in [1.165, 1.54) is 32.1 Å². The van der Waals surface area contributed by atoms with Crippen molar-refractivity contribution in [1.29, 1.82) is 0 Å². The van der Waals surface area contributed by atoms with Crippen molar-refractivity contribution in [3.05, 3.63) is 0 Å². The molecule has 14 heavy (non-hydrogen) atoms. The number of rotatable bonds is 6. The maximum atomic E-state index is 5.73. The summed E-state index contributed by atoms with van der Waals surface area (Å²) in [5, 5.41) is 0. The molecule has 0 aliphatic carbocycles. The lowest BCUT2D eigenvalue weighted by Crippen LogP contribution is -2.17. The van der Waals surface area contributed by atoms with Crippen molar-refractivity contribution < 1.29 is 4.74 Å². The smallest absolute Gasteiger partial charge is 0.0920 e. The number of hydrogen-bond donors (Lipinski definition) is 0. The summed E-state index contributed by atoms with van der Waals surface area (Å²) < 4.78 is 5.73. The van der Waals surface area contributed by atoms with Gasteiger partial charge in [0.2, 0.25) is 0 Å². The Morgan fingerprint density at radius 1 is 1.21 bits per heavy atom. The molecular weight excluding hydrogens is 172 g/mol. The van der Waals surface area contributed by atoms with Gasteiger partial charge in [-0.05, 0) is 38.0 Å². The molecule has 0 saturated carbocycles. The predicted molar refractivity (Wildman–Crippen MR) is 61.5 cm³/mol. The average molecular weight is 198 g/mol. The van der Waals surface area contributed by atoms with E-state index in [0.29, 0.717) is 11.5 Å². The third-order valence-electron chi connectivity index (χ3n) is 3.63. The number of ether oxygens (including phenoxy) is 1. The van der Waals surface area contributed by atoms with Gasteiger partial charge in [-0.15, -0.1) is 0 Å². The van der Waals surface area contributed by atoms with Crippen LogP contribution in [0.4, 0.5) is 0 Å². The highest BCUT2D eigenvalue weighted by Gasteiger charge is 2.50. The van der Waals surface area contributed by atoms with Gasteiger partial charge in [-0.3, -0.25) is 0 Å². The van der Waals surface area contributed by atoms with Crippen LogP contribution in [0, 0.1) is 5.41 Å². The summed E-state index contributed by atoms with van der Waals surface area (Å²) in [5.74, 6) is 0. The van der Waals surface area contributed by atoms with Crippen LogP contribution in [0.3, 0.4) is 0 Å². The second-order valence-corrected chi connectivity index (χ2v) is 5.74. The Labute approximate surface area is 89.2 Å². The molecule has 0 N–H and O–H groups in total. The van der Waals surface area contributed by atoms with Crippen molar-refractivity contribution in [3.63, 3.8) is 0 Å². The molecule has 0 bridgehead atoms. The van der Waals surface area contributed by atoms with Crippen molar-refractivity contribution in [3.8, 4) is 0 Å².